The molecule has 2 aliphatic rings. The van der Waals surface area contributed by atoms with E-state index in [9.17, 15) is 0 Å². The van der Waals surface area contributed by atoms with Gasteiger partial charge in [-0.05, 0) is 52.0 Å². The molecule has 0 aliphatic carbocycles. The quantitative estimate of drug-likeness (QED) is 0.834. The second-order valence-electron chi connectivity index (χ2n) is 6.75. The first-order chi connectivity index (χ1) is 9.15. The average molecular weight is 261 g/mol. The normalized spacial score (nSPS) is 28.0. The van der Waals surface area contributed by atoms with Crippen molar-refractivity contribution in [3.8, 4) is 0 Å². The monoisotopic (exact) mass is 261 g/mol. The Kier molecular flexibility index (Phi) is 3.66. The zero-order chi connectivity index (χ0) is 13.4. The predicted molar refractivity (Wildman–Crippen MR) is 78.3 cm³/mol. The van der Waals surface area contributed by atoms with Crippen LogP contribution < -0.4 is 0 Å². The molecule has 0 bridgehead atoms. The smallest absolute Gasteiger partial charge is 0.110 e. The molecule has 0 spiro atoms. The van der Waals surface area contributed by atoms with E-state index < -0.39 is 0 Å². The number of likely N-dealkylation sites (tertiary alicyclic amines) is 1. The summed E-state index contributed by atoms with van der Waals surface area (Å²) < 4.78 is 2.50. The molecule has 0 N–H and O–H groups in total. The number of imidazole rings is 1. The van der Waals surface area contributed by atoms with Gasteiger partial charge in [0.2, 0.25) is 0 Å². The summed E-state index contributed by atoms with van der Waals surface area (Å²) in [6, 6.07) is 1.38. The van der Waals surface area contributed by atoms with Crippen LogP contribution in [-0.4, -0.2) is 33.1 Å². The topological polar surface area (TPSA) is 21.1 Å². The van der Waals surface area contributed by atoms with Crippen LogP contribution in [0.15, 0.2) is 6.20 Å². The third kappa shape index (κ3) is 2.58. The summed E-state index contributed by atoms with van der Waals surface area (Å²) in [4.78, 5) is 7.39. The van der Waals surface area contributed by atoms with Crippen LogP contribution in [0, 0.1) is 5.92 Å². The van der Waals surface area contributed by atoms with Crippen LogP contribution in [-0.2, 0) is 19.4 Å². The molecule has 2 aliphatic heterocycles. The summed E-state index contributed by atoms with van der Waals surface area (Å²) in [6.07, 6.45) is 8.50. The molecule has 3 rings (SSSR count). The maximum absolute atomic E-state index is 4.73. The standard InChI is InChI=1S/C16H27N3/c1-12(2)18-7-4-5-14(18)10-16-17-11-15-9-13(3)6-8-19(15)16/h11-14H,4-10H2,1-3H3. The average Bonchev–Trinajstić information content (AvgIpc) is 2.97. The van der Waals surface area contributed by atoms with Crippen LogP contribution >= 0.6 is 0 Å². The van der Waals surface area contributed by atoms with Crippen LogP contribution in [0.1, 0.15) is 51.6 Å². The zero-order valence-electron chi connectivity index (χ0n) is 12.6. The Balaban J connectivity index is 1.74. The summed E-state index contributed by atoms with van der Waals surface area (Å²) in [5.41, 5.74) is 1.46. The Hall–Kier alpha value is -0.830. The van der Waals surface area contributed by atoms with E-state index in [0.29, 0.717) is 12.1 Å². The van der Waals surface area contributed by atoms with E-state index in [2.05, 4.69) is 36.4 Å². The largest absolute Gasteiger partial charge is 0.332 e. The van der Waals surface area contributed by atoms with Gasteiger partial charge >= 0.3 is 0 Å². The van der Waals surface area contributed by atoms with Crippen LogP contribution in [0.2, 0.25) is 0 Å². The molecule has 0 amide bonds. The molecular weight excluding hydrogens is 234 g/mol. The van der Waals surface area contributed by atoms with Gasteiger partial charge in [0.15, 0.2) is 0 Å². The van der Waals surface area contributed by atoms with E-state index >= 15 is 0 Å². The van der Waals surface area contributed by atoms with Gasteiger partial charge in [0, 0.05) is 36.9 Å². The van der Waals surface area contributed by atoms with Crippen molar-refractivity contribution in [2.75, 3.05) is 6.54 Å². The first-order valence-corrected chi connectivity index (χ1v) is 7.94. The number of hydrogen-bond acceptors (Lipinski definition) is 2. The third-order valence-corrected chi connectivity index (χ3v) is 4.93. The molecule has 1 aromatic heterocycles. The Morgan fingerprint density at radius 1 is 1.32 bits per heavy atom. The van der Waals surface area contributed by atoms with Crippen LogP contribution in [0.4, 0.5) is 0 Å². The summed E-state index contributed by atoms with van der Waals surface area (Å²) >= 11 is 0. The summed E-state index contributed by atoms with van der Waals surface area (Å²) in [5.74, 6) is 2.16. The van der Waals surface area contributed by atoms with Gasteiger partial charge < -0.3 is 4.57 Å². The first-order valence-electron chi connectivity index (χ1n) is 7.94. The Morgan fingerprint density at radius 3 is 2.95 bits per heavy atom. The molecule has 0 aromatic carbocycles. The molecule has 1 aromatic rings. The molecule has 3 heteroatoms. The van der Waals surface area contributed by atoms with E-state index in [-0.39, 0.29) is 0 Å². The molecule has 106 valence electrons. The lowest BCUT2D eigenvalue weighted by atomic mass is 9.98. The fourth-order valence-electron chi connectivity index (χ4n) is 3.83. The molecule has 0 saturated carbocycles. The highest BCUT2D eigenvalue weighted by molar-refractivity contribution is 5.10. The van der Waals surface area contributed by atoms with Crippen molar-refractivity contribution in [1.82, 2.24) is 14.5 Å². The van der Waals surface area contributed by atoms with Gasteiger partial charge in [-0.2, -0.15) is 0 Å². The Labute approximate surface area is 117 Å². The number of hydrogen-bond donors (Lipinski definition) is 0. The van der Waals surface area contributed by atoms with Crippen molar-refractivity contribution in [3.63, 3.8) is 0 Å². The number of rotatable bonds is 3. The van der Waals surface area contributed by atoms with Crippen LogP contribution in [0.3, 0.4) is 0 Å². The molecule has 2 unspecified atom stereocenters. The molecule has 3 heterocycles. The van der Waals surface area contributed by atoms with Crippen molar-refractivity contribution in [2.45, 2.75) is 71.5 Å². The maximum Gasteiger partial charge on any atom is 0.110 e. The third-order valence-electron chi connectivity index (χ3n) is 4.93. The molecule has 2 atom stereocenters. The van der Waals surface area contributed by atoms with E-state index in [1.54, 1.807) is 0 Å². The minimum Gasteiger partial charge on any atom is -0.332 e. The lowest BCUT2D eigenvalue weighted by Crippen LogP contribution is -2.37. The van der Waals surface area contributed by atoms with Crippen LogP contribution in [0.25, 0.3) is 0 Å². The Morgan fingerprint density at radius 2 is 2.16 bits per heavy atom. The second-order valence-corrected chi connectivity index (χ2v) is 6.75. The van der Waals surface area contributed by atoms with E-state index in [1.807, 2.05) is 0 Å². The molecule has 1 saturated heterocycles. The highest BCUT2D eigenvalue weighted by Gasteiger charge is 2.28. The van der Waals surface area contributed by atoms with Crippen molar-refractivity contribution >= 4 is 0 Å². The number of aromatic nitrogens is 2. The van der Waals surface area contributed by atoms with Crippen LogP contribution in [0.5, 0.6) is 0 Å². The van der Waals surface area contributed by atoms with Gasteiger partial charge in [-0.15, -0.1) is 0 Å². The fraction of sp³-hybridized carbons (Fsp3) is 0.812. The van der Waals surface area contributed by atoms with E-state index in [0.717, 1.165) is 12.3 Å². The molecule has 3 nitrogen and oxygen atoms in total. The molecule has 0 radical (unpaired) electrons. The highest BCUT2D eigenvalue weighted by Crippen LogP contribution is 2.26. The minimum absolute atomic E-state index is 0.670. The molecular formula is C16H27N3. The van der Waals surface area contributed by atoms with Gasteiger partial charge in [-0.25, -0.2) is 4.98 Å². The minimum atomic E-state index is 0.670. The van der Waals surface area contributed by atoms with Crippen molar-refractivity contribution in [2.24, 2.45) is 5.92 Å². The van der Waals surface area contributed by atoms with Crippen molar-refractivity contribution in [3.05, 3.63) is 17.7 Å². The van der Waals surface area contributed by atoms with E-state index in [4.69, 9.17) is 4.98 Å². The second kappa shape index (κ2) is 5.28. The Bertz CT molecular complexity index is 435. The summed E-state index contributed by atoms with van der Waals surface area (Å²) in [5, 5.41) is 0. The molecule has 19 heavy (non-hydrogen) atoms. The molecule has 1 fully saturated rings. The van der Waals surface area contributed by atoms with E-state index in [1.165, 1.54) is 50.3 Å². The maximum atomic E-state index is 4.73. The van der Waals surface area contributed by atoms with Crippen molar-refractivity contribution in [1.29, 1.82) is 0 Å². The zero-order valence-corrected chi connectivity index (χ0v) is 12.6. The lowest BCUT2D eigenvalue weighted by molar-refractivity contribution is 0.199. The summed E-state index contributed by atoms with van der Waals surface area (Å²) in [7, 11) is 0. The fourth-order valence-corrected chi connectivity index (χ4v) is 3.83. The first kappa shape index (κ1) is 13.2. The summed E-state index contributed by atoms with van der Waals surface area (Å²) in [6.45, 7) is 9.45. The lowest BCUT2D eigenvalue weighted by Gasteiger charge is -2.29. The van der Waals surface area contributed by atoms with Gasteiger partial charge in [0.1, 0.15) is 5.82 Å². The number of fused-ring (bicyclic) bond motifs is 1. The predicted octanol–water partition coefficient (Wildman–Crippen LogP) is 2.88. The SMILES string of the molecule is CC1CCn2c(cnc2CC2CCCN2C(C)C)C1. The van der Waals surface area contributed by atoms with Gasteiger partial charge in [0.05, 0.1) is 0 Å². The van der Waals surface area contributed by atoms with Gasteiger partial charge in [-0.1, -0.05) is 6.92 Å². The number of nitrogens with zero attached hydrogens (tertiary/aromatic N) is 3. The van der Waals surface area contributed by atoms with Gasteiger partial charge in [-0.3, -0.25) is 4.90 Å². The van der Waals surface area contributed by atoms with Gasteiger partial charge in [0.25, 0.3) is 0 Å². The van der Waals surface area contributed by atoms with Crippen molar-refractivity contribution < 1.29 is 0 Å². The highest BCUT2D eigenvalue weighted by atomic mass is 15.2.